The van der Waals surface area contributed by atoms with Gasteiger partial charge in [0.25, 0.3) is 5.91 Å². The number of methoxy groups -OCH3 is 1. The molecule has 1 aromatic heterocycles. The number of aromatic nitrogens is 1. The van der Waals surface area contributed by atoms with Gasteiger partial charge in [-0.15, -0.1) is 0 Å². The molecule has 0 saturated heterocycles. The van der Waals surface area contributed by atoms with Gasteiger partial charge in [0.15, 0.2) is 11.6 Å². The first-order valence-electron chi connectivity index (χ1n) is 8.07. The predicted octanol–water partition coefficient (Wildman–Crippen LogP) is 4.22. The number of amides is 1. The quantitative estimate of drug-likeness (QED) is 0.893. The van der Waals surface area contributed by atoms with Crippen LogP contribution in [0.2, 0.25) is 0 Å². The lowest BCUT2D eigenvalue weighted by atomic mass is 10.0. The molecule has 1 N–H and O–H groups in total. The number of para-hydroxylation sites is 1. The highest BCUT2D eigenvalue weighted by Gasteiger charge is 2.23. The fraction of sp³-hybridized carbons (Fsp3) is 0.368. The number of nitrogens with one attached hydrogen (secondary N) is 1. The molecule has 0 spiro atoms. The molecule has 4 nitrogen and oxygen atoms in total. The summed E-state index contributed by atoms with van der Waals surface area (Å²) in [4.78, 5) is 17.0. The van der Waals surface area contributed by atoms with E-state index in [0.29, 0.717) is 11.4 Å². The zero-order chi connectivity index (χ0) is 17.9. The zero-order valence-electron chi connectivity index (χ0n) is 14.8. The Kier molecular flexibility index (Phi) is 5.54. The molecule has 0 aliphatic carbocycles. The highest BCUT2D eigenvalue weighted by atomic mass is 19.1. The molecule has 24 heavy (non-hydrogen) atoms. The maximum absolute atomic E-state index is 14.7. The summed E-state index contributed by atoms with van der Waals surface area (Å²) in [7, 11) is 1.37. The van der Waals surface area contributed by atoms with E-state index >= 15 is 0 Å². The number of halogens is 1. The molecule has 1 aromatic carbocycles. The number of ether oxygens (including phenoxy) is 1. The van der Waals surface area contributed by atoms with Crippen LogP contribution >= 0.6 is 0 Å². The van der Waals surface area contributed by atoms with Crippen molar-refractivity contribution in [2.24, 2.45) is 0 Å². The van der Waals surface area contributed by atoms with Gasteiger partial charge in [-0.05, 0) is 37.8 Å². The minimum absolute atomic E-state index is 0.00485. The highest BCUT2D eigenvalue weighted by molar-refractivity contribution is 6.06. The second-order valence-corrected chi connectivity index (χ2v) is 5.62. The van der Waals surface area contributed by atoms with Crippen molar-refractivity contribution in [2.45, 2.75) is 40.5 Å². The van der Waals surface area contributed by atoms with Crippen molar-refractivity contribution in [3.63, 3.8) is 0 Å². The van der Waals surface area contributed by atoms with Gasteiger partial charge < -0.3 is 10.1 Å². The van der Waals surface area contributed by atoms with Crippen molar-refractivity contribution in [2.75, 3.05) is 12.4 Å². The molecular weight excluding hydrogens is 307 g/mol. The van der Waals surface area contributed by atoms with Crippen molar-refractivity contribution in [1.29, 1.82) is 0 Å². The number of nitrogens with zero attached hydrogens (tertiary/aromatic N) is 1. The molecular formula is C19H23FN2O2. The van der Waals surface area contributed by atoms with E-state index in [1.54, 1.807) is 13.8 Å². The van der Waals surface area contributed by atoms with Crippen molar-refractivity contribution in [1.82, 2.24) is 4.98 Å². The van der Waals surface area contributed by atoms with Crippen LogP contribution in [-0.2, 0) is 12.8 Å². The molecule has 0 atom stereocenters. The number of carbonyl (C=O) groups excluding carboxylic acids is 1. The van der Waals surface area contributed by atoms with Gasteiger partial charge in [0.2, 0.25) is 0 Å². The van der Waals surface area contributed by atoms with Gasteiger partial charge >= 0.3 is 0 Å². The van der Waals surface area contributed by atoms with Crippen LogP contribution in [0.15, 0.2) is 18.2 Å². The summed E-state index contributed by atoms with van der Waals surface area (Å²) in [5, 5.41) is 2.88. The van der Waals surface area contributed by atoms with Crippen LogP contribution in [0.3, 0.4) is 0 Å². The third kappa shape index (κ3) is 3.25. The van der Waals surface area contributed by atoms with Gasteiger partial charge in [0.05, 0.1) is 18.5 Å². The molecule has 0 aliphatic rings. The molecule has 1 amide bonds. The molecule has 2 rings (SSSR count). The molecule has 0 radical (unpaired) electrons. The summed E-state index contributed by atoms with van der Waals surface area (Å²) < 4.78 is 19.7. The highest BCUT2D eigenvalue weighted by Crippen LogP contribution is 2.28. The van der Waals surface area contributed by atoms with E-state index in [1.165, 1.54) is 7.11 Å². The van der Waals surface area contributed by atoms with Gasteiger partial charge in [-0.3, -0.25) is 9.78 Å². The zero-order valence-corrected chi connectivity index (χ0v) is 14.8. The van der Waals surface area contributed by atoms with E-state index in [-0.39, 0.29) is 11.3 Å². The monoisotopic (exact) mass is 330 g/mol. The second-order valence-electron chi connectivity index (χ2n) is 5.62. The maximum atomic E-state index is 14.7. The summed E-state index contributed by atoms with van der Waals surface area (Å²) >= 11 is 0. The van der Waals surface area contributed by atoms with Crippen molar-refractivity contribution < 1.29 is 13.9 Å². The van der Waals surface area contributed by atoms with Gasteiger partial charge in [-0.1, -0.05) is 32.0 Å². The van der Waals surface area contributed by atoms with Gasteiger partial charge in [-0.25, -0.2) is 4.39 Å². The van der Waals surface area contributed by atoms with E-state index in [2.05, 4.69) is 10.3 Å². The minimum Gasteiger partial charge on any atom is -0.492 e. The molecule has 1 heterocycles. The van der Waals surface area contributed by atoms with Crippen LogP contribution in [0.25, 0.3) is 0 Å². The second kappa shape index (κ2) is 7.43. The number of pyridine rings is 1. The van der Waals surface area contributed by atoms with Crippen LogP contribution in [0.4, 0.5) is 10.1 Å². The Bertz CT molecular complexity index is 750. The minimum atomic E-state index is -0.674. The van der Waals surface area contributed by atoms with Crippen LogP contribution in [0.5, 0.6) is 5.75 Å². The van der Waals surface area contributed by atoms with Crippen LogP contribution in [0.1, 0.15) is 46.7 Å². The number of aryl methyl sites for hydroxylation is 4. The van der Waals surface area contributed by atoms with Crippen molar-refractivity contribution >= 4 is 11.6 Å². The largest absolute Gasteiger partial charge is 0.492 e. The fourth-order valence-electron chi connectivity index (χ4n) is 2.87. The fourth-order valence-corrected chi connectivity index (χ4v) is 2.87. The van der Waals surface area contributed by atoms with Gasteiger partial charge in [0, 0.05) is 5.69 Å². The third-order valence-corrected chi connectivity index (χ3v) is 4.11. The van der Waals surface area contributed by atoms with Gasteiger partial charge in [-0.2, -0.15) is 0 Å². The van der Waals surface area contributed by atoms with Gasteiger partial charge in [0.1, 0.15) is 5.56 Å². The smallest absolute Gasteiger partial charge is 0.260 e. The van der Waals surface area contributed by atoms with E-state index in [1.807, 2.05) is 32.0 Å². The van der Waals surface area contributed by atoms with Crippen LogP contribution in [0, 0.1) is 19.7 Å². The molecule has 0 unspecified atom stereocenters. The standard InChI is InChI=1S/C19H23FN2O2/c1-6-13-9-8-10-14(7-2)17(13)22-19(23)15-11(3)21-12(4)18(24-5)16(15)20/h8-10H,6-7H2,1-5H3,(H,22,23). The summed E-state index contributed by atoms with van der Waals surface area (Å²) in [5.41, 5.74) is 3.49. The Morgan fingerprint density at radius 2 is 1.75 bits per heavy atom. The molecule has 2 aromatic rings. The number of hydrogen-bond acceptors (Lipinski definition) is 3. The Morgan fingerprint density at radius 1 is 1.17 bits per heavy atom. The number of rotatable bonds is 5. The topological polar surface area (TPSA) is 51.2 Å². The number of benzene rings is 1. The van der Waals surface area contributed by atoms with Crippen molar-refractivity contribution in [3.8, 4) is 5.75 Å². The van der Waals surface area contributed by atoms with E-state index in [0.717, 1.165) is 29.7 Å². The first-order chi connectivity index (χ1) is 11.4. The van der Waals surface area contributed by atoms with E-state index < -0.39 is 11.7 Å². The molecule has 0 bridgehead atoms. The lowest BCUT2D eigenvalue weighted by molar-refractivity contribution is 0.102. The molecule has 128 valence electrons. The summed E-state index contributed by atoms with van der Waals surface area (Å²) in [6, 6.07) is 5.90. The summed E-state index contributed by atoms with van der Waals surface area (Å²) in [6.45, 7) is 7.31. The Balaban J connectivity index is 2.49. The lowest BCUT2D eigenvalue weighted by Crippen LogP contribution is -2.19. The average Bonchev–Trinajstić information content (AvgIpc) is 2.54. The van der Waals surface area contributed by atoms with Crippen LogP contribution < -0.4 is 10.1 Å². The summed E-state index contributed by atoms with van der Waals surface area (Å²) in [5.74, 6) is -1.18. The van der Waals surface area contributed by atoms with E-state index in [4.69, 9.17) is 4.74 Å². The molecule has 5 heteroatoms. The van der Waals surface area contributed by atoms with Crippen molar-refractivity contribution in [3.05, 3.63) is 52.1 Å². The molecule has 0 saturated carbocycles. The number of anilines is 1. The molecule has 0 fully saturated rings. The lowest BCUT2D eigenvalue weighted by Gasteiger charge is -2.16. The first kappa shape index (κ1) is 17.9. The average molecular weight is 330 g/mol. The Morgan fingerprint density at radius 3 is 2.25 bits per heavy atom. The Labute approximate surface area is 142 Å². The SMILES string of the molecule is CCc1cccc(CC)c1NC(=O)c1c(C)nc(C)c(OC)c1F. The third-order valence-electron chi connectivity index (χ3n) is 4.11. The first-order valence-corrected chi connectivity index (χ1v) is 8.07. The van der Waals surface area contributed by atoms with E-state index in [9.17, 15) is 9.18 Å². The number of carbonyl (C=O) groups is 1. The number of hydrogen-bond donors (Lipinski definition) is 1. The normalized spacial score (nSPS) is 10.6. The summed E-state index contributed by atoms with van der Waals surface area (Å²) in [6.07, 6.45) is 1.56. The Hall–Kier alpha value is -2.43. The predicted molar refractivity (Wildman–Crippen MR) is 93.4 cm³/mol. The molecule has 0 aliphatic heterocycles. The van der Waals surface area contributed by atoms with Crippen LogP contribution in [-0.4, -0.2) is 18.0 Å². The maximum Gasteiger partial charge on any atom is 0.260 e.